The van der Waals surface area contributed by atoms with Gasteiger partial charge in [-0.3, -0.25) is 0 Å². The van der Waals surface area contributed by atoms with Crippen LogP contribution in [0.5, 0.6) is 0 Å². The lowest BCUT2D eigenvalue weighted by Gasteiger charge is -2.37. The Hall–Kier alpha value is 1.06. The first-order valence-corrected chi connectivity index (χ1v) is 21.7. The molecule has 6 nitrogen and oxygen atoms in total. The number of rotatable bonds is 9. The molecular formula is C12H33O6Si6. The highest BCUT2D eigenvalue weighted by atomic mass is 28.5. The van der Waals surface area contributed by atoms with Crippen molar-refractivity contribution in [2.75, 3.05) is 0 Å². The molecule has 0 saturated carbocycles. The maximum Gasteiger partial charge on any atom is 0.550 e. The van der Waals surface area contributed by atoms with E-state index >= 15 is 0 Å². The van der Waals surface area contributed by atoms with Crippen molar-refractivity contribution in [2.24, 2.45) is 0 Å². The summed E-state index contributed by atoms with van der Waals surface area (Å²) in [5.74, 6) is 0. The van der Waals surface area contributed by atoms with Crippen LogP contribution in [0.2, 0.25) is 57.4 Å². The summed E-state index contributed by atoms with van der Waals surface area (Å²) in [5.41, 5.74) is 0. The highest BCUT2D eigenvalue weighted by Gasteiger charge is 2.49. The molecule has 0 bridgehead atoms. The van der Waals surface area contributed by atoms with Gasteiger partial charge in [0.25, 0.3) is 0 Å². The minimum Gasteiger partial charge on any atom is -0.414 e. The summed E-state index contributed by atoms with van der Waals surface area (Å²) in [6.45, 7) is 19.6. The van der Waals surface area contributed by atoms with Gasteiger partial charge in [0.05, 0.1) is 0 Å². The zero-order valence-electron chi connectivity index (χ0n) is 16.6. The molecule has 1 saturated heterocycles. The van der Waals surface area contributed by atoms with Crippen LogP contribution in [0.25, 0.3) is 0 Å². The zero-order chi connectivity index (χ0) is 18.6. The third kappa shape index (κ3) is 8.17. The summed E-state index contributed by atoms with van der Waals surface area (Å²) in [6.07, 6.45) is 0. The largest absolute Gasteiger partial charge is 0.550 e. The number of hydrogen-bond acceptors (Lipinski definition) is 6. The van der Waals surface area contributed by atoms with Crippen LogP contribution in [0.4, 0.5) is 0 Å². The molecule has 0 spiro atoms. The fourth-order valence-corrected chi connectivity index (χ4v) is 14.9. The first-order valence-electron chi connectivity index (χ1n) is 8.63. The normalized spacial score (nSPS) is 19.9. The van der Waals surface area contributed by atoms with Gasteiger partial charge in [0.15, 0.2) is 25.0 Å². The molecule has 0 unspecified atom stereocenters. The van der Waals surface area contributed by atoms with Crippen molar-refractivity contribution in [3.63, 3.8) is 0 Å². The fourth-order valence-electron chi connectivity index (χ4n) is 1.28. The van der Waals surface area contributed by atoms with Crippen molar-refractivity contribution in [3.8, 4) is 0 Å². The van der Waals surface area contributed by atoms with E-state index in [1.807, 2.05) is 0 Å². The van der Waals surface area contributed by atoms with Crippen molar-refractivity contribution < 1.29 is 24.7 Å². The van der Waals surface area contributed by atoms with E-state index in [2.05, 4.69) is 60.1 Å². The third-order valence-electron chi connectivity index (χ3n) is 4.13. The average molecular weight is 442 g/mol. The van der Waals surface area contributed by atoms with Gasteiger partial charge >= 0.3 is 28.6 Å². The lowest BCUT2D eigenvalue weighted by atomic mass is 11.0. The van der Waals surface area contributed by atoms with Crippen LogP contribution in [0.3, 0.4) is 0 Å². The predicted molar refractivity (Wildman–Crippen MR) is 108 cm³/mol. The molecule has 0 N–H and O–H groups in total. The van der Waals surface area contributed by atoms with Gasteiger partial charge in [-0.05, 0) is 57.4 Å². The van der Waals surface area contributed by atoms with E-state index in [0.29, 0.717) is 0 Å². The van der Waals surface area contributed by atoms with Crippen LogP contribution >= 0.6 is 0 Å². The predicted octanol–water partition coefficient (Wildman–Crippen LogP) is 3.73. The quantitative estimate of drug-likeness (QED) is 0.508. The lowest BCUT2D eigenvalue weighted by molar-refractivity contribution is 0.141. The molecule has 0 aliphatic carbocycles. The molecule has 0 aromatic rings. The van der Waals surface area contributed by atoms with E-state index in [1.165, 1.54) is 0 Å². The van der Waals surface area contributed by atoms with Gasteiger partial charge in [0, 0.05) is 0 Å². The highest BCUT2D eigenvalue weighted by Crippen LogP contribution is 2.23. The van der Waals surface area contributed by atoms with Crippen molar-refractivity contribution in [1.29, 1.82) is 0 Å². The molecule has 1 rings (SSSR count). The van der Waals surface area contributed by atoms with E-state index in [-0.39, 0.29) is 0 Å². The van der Waals surface area contributed by atoms with Crippen molar-refractivity contribution in [1.82, 2.24) is 0 Å². The van der Waals surface area contributed by atoms with Gasteiger partial charge in [-0.2, -0.15) is 0 Å². The van der Waals surface area contributed by atoms with Gasteiger partial charge in [-0.1, -0.05) is 20.8 Å². The maximum absolute atomic E-state index is 6.22. The average Bonchev–Trinajstić information content (AvgIpc) is 2.45. The van der Waals surface area contributed by atoms with Crippen molar-refractivity contribution in [3.05, 3.63) is 0 Å². The second-order valence-corrected chi connectivity index (χ2v) is 26.8. The first kappa shape index (κ1) is 23.1. The molecule has 24 heavy (non-hydrogen) atoms. The number of hydrogen-bond donors (Lipinski definition) is 0. The zero-order valence-corrected chi connectivity index (χ0v) is 22.6. The molecule has 12 heteroatoms. The Kier molecular flexibility index (Phi) is 8.97. The molecule has 1 aliphatic rings. The molecule has 1 fully saturated rings. The van der Waals surface area contributed by atoms with Gasteiger partial charge in [0.1, 0.15) is 0 Å². The minimum absolute atomic E-state index is 1.02. The summed E-state index contributed by atoms with van der Waals surface area (Å²) in [6, 6.07) is 3.06. The molecule has 0 atom stereocenters. The Balaban J connectivity index is 2.82. The Bertz CT molecular complexity index is 333. The van der Waals surface area contributed by atoms with E-state index in [1.54, 1.807) is 0 Å². The molecule has 0 aromatic carbocycles. The summed E-state index contributed by atoms with van der Waals surface area (Å²) in [5, 5.41) is 0. The van der Waals surface area contributed by atoms with Crippen LogP contribution in [-0.4, -0.2) is 53.5 Å². The van der Waals surface area contributed by atoms with Gasteiger partial charge < -0.3 is 24.7 Å². The molecule has 3 radical (unpaired) electrons. The second-order valence-electron chi connectivity index (χ2n) is 7.70. The van der Waals surface area contributed by atoms with E-state index in [4.69, 9.17) is 24.7 Å². The van der Waals surface area contributed by atoms with Crippen LogP contribution in [0.1, 0.15) is 20.8 Å². The molecule has 1 aliphatic heterocycles. The van der Waals surface area contributed by atoms with E-state index in [9.17, 15) is 0 Å². The monoisotopic (exact) mass is 441 g/mol. The topological polar surface area (TPSA) is 55.4 Å². The van der Waals surface area contributed by atoms with E-state index in [0.717, 1.165) is 18.1 Å². The molecule has 0 aromatic heterocycles. The van der Waals surface area contributed by atoms with Gasteiger partial charge in [0.2, 0.25) is 0 Å². The Morgan fingerprint density at radius 3 is 0.917 bits per heavy atom. The Morgan fingerprint density at radius 2 is 0.750 bits per heavy atom. The first-order chi connectivity index (χ1) is 10.9. The van der Waals surface area contributed by atoms with Crippen molar-refractivity contribution >= 4 is 53.5 Å². The smallest absolute Gasteiger partial charge is 0.414 e. The highest BCUT2D eigenvalue weighted by molar-refractivity contribution is 6.84. The minimum atomic E-state index is -1.85. The van der Waals surface area contributed by atoms with Crippen LogP contribution < -0.4 is 0 Å². The second kappa shape index (κ2) is 9.32. The summed E-state index contributed by atoms with van der Waals surface area (Å²) in [7, 11) is -10.9. The standard InChI is InChI=1S/C12H33O6Si6/c1-10-22(4,5)16-19-13-20(17-23(6,7)11-2)15-21(14-19)18-24(8,9)12-3/h10-12H2,1-9H3. The summed E-state index contributed by atoms with van der Waals surface area (Å²) in [4.78, 5) is 0. The van der Waals surface area contributed by atoms with Crippen LogP contribution in [-0.2, 0) is 24.7 Å². The van der Waals surface area contributed by atoms with Crippen LogP contribution in [0, 0.1) is 0 Å². The van der Waals surface area contributed by atoms with Gasteiger partial charge in [-0.15, -0.1) is 0 Å². The van der Waals surface area contributed by atoms with Gasteiger partial charge in [-0.25, -0.2) is 0 Å². The Morgan fingerprint density at radius 1 is 0.542 bits per heavy atom. The van der Waals surface area contributed by atoms with E-state index < -0.39 is 53.5 Å². The molecular weight excluding hydrogens is 409 g/mol. The Labute approximate surface area is 156 Å². The summed E-state index contributed by atoms with van der Waals surface area (Å²) < 4.78 is 36.6. The van der Waals surface area contributed by atoms with Crippen LogP contribution in [0.15, 0.2) is 0 Å². The third-order valence-corrected chi connectivity index (χ3v) is 21.9. The summed E-state index contributed by atoms with van der Waals surface area (Å²) >= 11 is 0. The maximum atomic E-state index is 6.22. The molecule has 1 heterocycles. The van der Waals surface area contributed by atoms with Crippen molar-refractivity contribution in [2.45, 2.75) is 78.2 Å². The SMILES string of the molecule is CC[Si](C)(C)O[Si]1O[Si](O[Si](C)(C)CC)O[Si](O[Si](C)(C)CC)O1. The molecule has 0 amide bonds. The lowest BCUT2D eigenvalue weighted by Crippen LogP contribution is -2.59. The molecule has 141 valence electrons. The fraction of sp³-hybridized carbons (Fsp3) is 1.00.